The molecule has 1 aliphatic rings. The first-order chi connectivity index (χ1) is 11.8. The zero-order valence-electron chi connectivity index (χ0n) is 14.6. The van der Waals surface area contributed by atoms with E-state index in [1.165, 1.54) is 35.1 Å². The van der Waals surface area contributed by atoms with Gasteiger partial charge in [-0.05, 0) is 47.9 Å². The second-order valence-electron chi connectivity index (χ2n) is 6.81. The van der Waals surface area contributed by atoms with Crippen molar-refractivity contribution in [2.45, 2.75) is 57.5 Å². The molecule has 3 rings (SSSR count). The van der Waals surface area contributed by atoms with Gasteiger partial charge in [0.2, 0.25) is 0 Å². The van der Waals surface area contributed by atoms with E-state index in [0.717, 1.165) is 25.7 Å². The molecule has 24 heavy (non-hydrogen) atoms. The highest BCUT2D eigenvalue weighted by Gasteiger charge is 2.29. The molecule has 0 heterocycles. The van der Waals surface area contributed by atoms with Crippen molar-refractivity contribution < 1.29 is 5.11 Å². The molecular formula is C23H28O. The van der Waals surface area contributed by atoms with Crippen LogP contribution in [0.3, 0.4) is 0 Å². The Hall–Kier alpha value is -1.86. The van der Waals surface area contributed by atoms with Gasteiger partial charge in [-0.3, -0.25) is 0 Å². The van der Waals surface area contributed by atoms with Crippen molar-refractivity contribution >= 4 is 0 Å². The number of rotatable bonds is 8. The zero-order chi connectivity index (χ0) is 16.8. The van der Waals surface area contributed by atoms with Crippen LogP contribution in [0.2, 0.25) is 0 Å². The lowest BCUT2D eigenvalue weighted by molar-refractivity contribution is 0.151. The van der Waals surface area contributed by atoms with Gasteiger partial charge in [-0.2, -0.15) is 0 Å². The smallest absolute Gasteiger partial charge is 0.0552 e. The van der Waals surface area contributed by atoms with Gasteiger partial charge in [0.15, 0.2) is 0 Å². The van der Waals surface area contributed by atoms with Crippen molar-refractivity contribution in [3.05, 3.63) is 71.8 Å². The highest BCUT2D eigenvalue weighted by Crippen LogP contribution is 2.46. The third-order valence-electron chi connectivity index (χ3n) is 5.03. The van der Waals surface area contributed by atoms with E-state index in [1.807, 2.05) is 0 Å². The third-order valence-corrected chi connectivity index (χ3v) is 5.03. The summed E-state index contributed by atoms with van der Waals surface area (Å²) in [5.74, 6) is 0.330. The molecule has 1 aliphatic carbocycles. The summed E-state index contributed by atoms with van der Waals surface area (Å²) < 4.78 is 0. The number of fused-ring (bicyclic) bond motifs is 3. The second-order valence-corrected chi connectivity index (χ2v) is 6.81. The Morgan fingerprint density at radius 1 is 0.917 bits per heavy atom. The molecule has 126 valence electrons. The van der Waals surface area contributed by atoms with Gasteiger partial charge >= 0.3 is 0 Å². The van der Waals surface area contributed by atoms with Gasteiger partial charge in [-0.1, -0.05) is 80.4 Å². The number of hydrogen-bond donors (Lipinski definition) is 1. The minimum absolute atomic E-state index is 0.245. The van der Waals surface area contributed by atoms with Gasteiger partial charge in [-0.25, -0.2) is 0 Å². The van der Waals surface area contributed by atoms with E-state index >= 15 is 0 Å². The summed E-state index contributed by atoms with van der Waals surface area (Å²) in [6.07, 6.45) is 10.6. The lowest BCUT2D eigenvalue weighted by Crippen LogP contribution is -2.11. The highest BCUT2D eigenvalue weighted by atomic mass is 16.3. The van der Waals surface area contributed by atoms with Crippen molar-refractivity contribution in [1.29, 1.82) is 0 Å². The quantitative estimate of drug-likeness (QED) is 0.462. The van der Waals surface area contributed by atoms with Crippen LogP contribution in [0.25, 0.3) is 11.1 Å². The third kappa shape index (κ3) is 3.79. The molecule has 0 saturated carbocycles. The van der Waals surface area contributed by atoms with E-state index in [0.29, 0.717) is 5.92 Å². The molecule has 2 aromatic rings. The van der Waals surface area contributed by atoms with Crippen LogP contribution in [-0.4, -0.2) is 11.2 Å². The number of aliphatic hydroxyl groups excluding tert-OH is 1. The van der Waals surface area contributed by atoms with Gasteiger partial charge < -0.3 is 5.11 Å². The van der Waals surface area contributed by atoms with Crippen molar-refractivity contribution in [3.63, 3.8) is 0 Å². The Morgan fingerprint density at radius 3 is 2.12 bits per heavy atom. The Kier molecular flexibility index (Phi) is 5.87. The number of aliphatic hydroxyl groups is 1. The molecule has 0 unspecified atom stereocenters. The van der Waals surface area contributed by atoms with Crippen LogP contribution in [0.4, 0.5) is 0 Å². The first-order valence-electron chi connectivity index (χ1n) is 9.32. The molecule has 0 aliphatic heterocycles. The molecule has 1 heteroatoms. The van der Waals surface area contributed by atoms with Crippen molar-refractivity contribution in [1.82, 2.24) is 0 Å². The van der Waals surface area contributed by atoms with Gasteiger partial charge in [-0.15, -0.1) is 0 Å². The van der Waals surface area contributed by atoms with Crippen LogP contribution < -0.4 is 0 Å². The summed E-state index contributed by atoms with van der Waals surface area (Å²) in [6, 6.07) is 17.3. The number of benzene rings is 2. The number of allylic oxidation sites excluding steroid dienone is 2. The fourth-order valence-electron chi connectivity index (χ4n) is 3.75. The molecule has 1 N–H and O–H groups in total. The summed E-state index contributed by atoms with van der Waals surface area (Å²) in [5.41, 5.74) is 5.42. The average molecular weight is 320 g/mol. The van der Waals surface area contributed by atoms with E-state index in [4.69, 9.17) is 0 Å². The molecule has 2 aromatic carbocycles. The minimum Gasteiger partial charge on any atom is -0.393 e. The Bertz CT molecular complexity index is 640. The van der Waals surface area contributed by atoms with E-state index in [2.05, 4.69) is 67.6 Å². The van der Waals surface area contributed by atoms with Crippen LogP contribution in [0.5, 0.6) is 0 Å². The number of hydrogen-bond acceptors (Lipinski definition) is 1. The van der Waals surface area contributed by atoms with Crippen LogP contribution in [0.1, 0.15) is 62.5 Å². The largest absolute Gasteiger partial charge is 0.393 e. The normalized spacial score (nSPS) is 14.8. The van der Waals surface area contributed by atoms with Crippen molar-refractivity contribution in [2.24, 2.45) is 0 Å². The standard InChI is InChI=1S/C23H28O/c1-2-3-4-5-6-7-12-18(24)17-23-21-15-10-8-13-19(21)20-14-9-11-16-22(20)23/h5-6,8-11,13-16,18,23-24H,2-4,7,12,17H2,1H3/b6-5+/t18-/m0/s1. The molecule has 0 bridgehead atoms. The molecule has 1 nitrogen and oxygen atoms in total. The molecular weight excluding hydrogens is 292 g/mol. The lowest BCUT2D eigenvalue weighted by Gasteiger charge is -2.17. The maximum absolute atomic E-state index is 10.5. The van der Waals surface area contributed by atoms with Crippen LogP contribution in [0, 0.1) is 0 Å². The number of unbranched alkanes of at least 4 members (excludes halogenated alkanes) is 2. The Labute approximate surface area is 146 Å². The van der Waals surface area contributed by atoms with Gasteiger partial charge in [0.1, 0.15) is 0 Å². The van der Waals surface area contributed by atoms with Gasteiger partial charge in [0.25, 0.3) is 0 Å². The maximum Gasteiger partial charge on any atom is 0.0552 e. The molecule has 0 aromatic heterocycles. The minimum atomic E-state index is -0.245. The van der Waals surface area contributed by atoms with Crippen molar-refractivity contribution in [3.8, 4) is 11.1 Å². The van der Waals surface area contributed by atoms with E-state index in [-0.39, 0.29) is 6.10 Å². The van der Waals surface area contributed by atoms with Crippen LogP contribution in [-0.2, 0) is 0 Å². The Morgan fingerprint density at radius 2 is 1.50 bits per heavy atom. The molecule has 0 radical (unpaired) electrons. The maximum atomic E-state index is 10.5. The first kappa shape index (κ1) is 17.0. The topological polar surface area (TPSA) is 20.2 Å². The summed E-state index contributed by atoms with van der Waals surface area (Å²) >= 11 is 0. The summed E-state index contributed by atoms with van der Waals surface area (Å²) in [5, 5.41) is 10.5. The molecule has 0 amide bonds. The Balaban J connectivity index is 1.64. The summed E-state index contributed by atoms with van der Waals surface area (Å²) in [6.45, 7) is 2.22. The second kappa shape index (κ2) is 8.30. The monoisotopic (exact) mass is 320 g/mol. The SMILES string of the molecule is CCCC/C=C/CC[C@H](O)CC1c2ccccc2-c2ccccc21. The molecule has 1 atom stereocenters. The van der Waals surface area contributed by atoms with E-state index in [1.54, 1.807) is 0 Å². The lowest BCUT2D eigenvalue weighted by atomic mass is 9.90. The predicted octanol–water partition coefficient (Wildman–Crippen LogP) is 6.08. The van der Waals surface area contributed by atoms with Crippen molar-refractivity contribution in [2.75, 3.05) is 0 Å². The van der Waals surface area contributed by atoms with E-state index < -0.39 is 0 Å². The average Bonchev–Trinajstić information content (AvgIpc) is 2.93. The molecule has 0 fully saturated rings. The zero-order valence-corrected chi connectivity index (χ0v) is 14.6. The summed E-state index contributed by atoms with van der Waals surface area (Å²) in [7, 11) is 0. The molecule has 0 saturated heterocycles. The fraction of sp³-hybridized carbons (Fsp3) is 0.391. The first-order valence-corrected chi connectivity index (χ1v) is 9.32. The van der Waals surface area contributed by atoms with Gasteiger partial charge in [0.05, 0.1) is 6.10 Å². The van der Waals surface area contributed by atoms with Crippen LogP contribution >= 0.6 is 0 Å². The highest BCUT2D eigenvalue weighted by molar-refractivity contribution is 5.78. The fourth-order valence-corrected chi connectivity index (χ4v) is 3.75. The van der Waals surface area contributed by atoms with Gasteiger partial charge in [0, 0.05) is 5.92 Å². The van der Waals surface area contributed by atoms with E-state index in [9.17, 15) is 5.11 Å². The summed E-state index contributed by atoms with van der Waals surface area (Å²) in [4.78, 5) is 0. The predicted molar refractivity (Wildman–Crippen MR) is 102 cm³/mol. The van der Waals surface area contributed by atoms with Crippen LogP contribution in [0.15, 0.2) is 60.7 Å². The molecule has 0 spiro atoms.